The van der Waals surface area contributed by atoms with Crippen molar-refractivity contribution in [3.63, 3.8) is 0 Å². The molecule has 6 nitrogen and oxygen atoms in total. The molecule has 3 amide bonds. The predicted octanol–water partition coefficient (Wildman–Crippen LogP) is -0.348. The van der Waals surface area contributed by atoms with E-state index in [2.05, 4.69) is 12.2 Å². The van der Waals surface area contributed by atoms with Gasteiger partial charge in [-0.25, -0.2) is 0 Å². The summed E-state index contributed by atoms with van der Waals surface area (Å²) in [5.41, 5.74) is 0. The molecule has 21 heavy (non-hydrogen) atoms. The Labute approximate surface area is 122 Å². The third-order valence-corrected chi connectivity index (χ3v) is 5.22. The number of amides is 3. The van der Waals surface area contributed by atoms with E-state index in [0.717, 1.165) is 6.42 Å². The van der Waals surface area contributed by atoms with Crippen LogP contribution in [0.2, 0.25) is 0 Å². The molecule has 112 valence electrons. The summed E-state index contributed by atoms with van der Waals surface area (Å²) in [6.45, 7) is 2.01. The highest BCUT2D eigenvalue weighted by atomic mass is 16.5. The molecule has 0 aromatic carbocycles. The van der Waals surface area contributed by atoms with E-state index < -0.39 is 0 Å². The maximum atomic E-state index is 12.5. The van der Waals surface area contributed by atoms with Crippen molar-refractivity contribution >= 4 is 17.7 Å². The van der Waals surface area contributed by atoms with Crippen molar-refractivity contribution in [3.8, 4) is 0 Å². The van der Waals surface area contributed by atoms with Crippen LogP contribution in [0.4, 0.5) is 0 Å². The number of allylic oxidation sites excluding steroid dienone is 2. The van der Waals surface area contributed by atoms with Crippen LogP contribution in [-0.2, 0) is 19.1 Å². The molecule has 1 saturated carbocycles. The maximum absolute atomic E-state index is 12.5. The van der Waals surface area contributed by atoms with Crippen LogP contribution < -0.4 is 0 Å². The van der Waals surface area contributed by atoms with Crippen molar-refractivity contribution in [3.05, 3.63) is 12.2 Å². The molecule has 3 fully saturated rings. The fourth-order valence-electron chi connectivity index (χ4n) is 4.17. The average Bonchev–Trinajstić information content (AvgIpc) is 3.18. The predicted molar refractivity (Wildman–Crippen MR) is 71.8 cm³/mol. The topological polar surface area (TPSA) is 66.9 Å². The zero-order valence-corrected chi connectivity index (χ0v) is 11.7. The Kier molecular flexibility index (Phi) is 2.89. The zero-order chi connectivity index (χ0) is 14.6. The van der Waals surface area contributed by atoms with Crippen LogP contribution in [-0.4, -0.2) is 60.4 Å². The summed E-state index contributed by atoms with van der Waals surface area (Å²) < 4.78 is 5.21. The standard InChI is InChI=1S/C15H18N2O4/c18-11(16-3-5-21-6-4-16)8-17-14(19)12-9-1-2-10(7-9)13(12)15(17)20/h1-2,9-10,12-13H,3-8H2/t9-,10-,12-,13-/m0/s1. The van der Waals surface area contributed by atoms with Crippen LogP contribution in [0.1, 0.15) is 6.42 Å². The van der Waals surface area contributed by atoms with E-state index in [1.807, 2.05) is 0 Å². The van der Waals surface area contributed by atoms with Crippen molar-refractivity contribution in [1.29, 1.82) is 0 Å². The minimum atomic E-state index is -0.218. The Morgan fingerprint density at radius 2 is 1.67 bits per heavy atom. The Balaban J connectivity index is 1.48. The number of carbonyl (C=O) groups excluding carboxylic acids is 3. The van der Waals surface area contributed by atoms with E-state index in [0.29, 0.717) is 26.3 Å². The van der Waals surface area contributed by atoms with E-state index in [1.54, 1.807) is 4.90 Å². The van der Waals surface area contributed by atoms with Crippen molar-refractivity contribution in [1.82, 2.24) is 9.80 Å². The van der Waals surface area contributed by atoms with Crippen molar-refractivity contribution in [2.75, 3.05) is 32.8 Å². The van der Waals surface area contributed by atoms with Crippen LogP contribution in [0.3, 0.4) is 0 Å². The maximum Gasteiger partial charge on any atom is 0.242 e. The van der Waals surface area contributed by atoms with E-state index in [9.17, 15) is 14.4 Å². The van der Waals surface area contributed by atoms with Crippen LogP contribution in [0.15, 0.2) is 12.2 Å². The number of ether oxygens (including phenoxy) is 1. The number of nitrogens with zero attached hydrogens (tertiary/aromatic N) is 2. The number of fused-ring (bicyclic) bond motifs is 5. The van der Waals surface area contributed by atoms with Gasteiger partial charge in [-0.3, -0.25) is 19.3 Å². The van der Waals surface area contributed by atoms with Gasteiger partial charge < -0.3 is 9.64 Å². The van der Waals surface area contributed by atoms with Gasteiger partial charge in [0.2, 0.25) is 17.7 Å². The molecule has 2 bridgehead atoms. The molecule has 4 rings (SSSR count). The lowest BCUT2D eigenvalue weighted by Gasteiger charge is -2.28. The van der Waals surface area contributed by atoms with Gasteiger partial charge in [-0.15, -0.1) is 0 Å². The Morgan fingerprint density at radius 3 is 2.24 bits per heavy atom. The number of carbonyl (C=O) groups is 3. The van der Waals surface area contributed by atoms with E-state index >= 15 is 0 Å². The number of likely N-dealkylation sites (tertiary alicyclic amines) is 1. The molecular weight excluding hydrogens is 272 g/mol. The summed E-state index contributed by atoms with van der Waals surface area (Å²) in [6.07, 6.45) is 5.03. The summed E-state index contributed by atoms with van der Waals surface area (Å²) >= 11 is 0. The van der Waals surface area contributed by atoms with Gasteiger partial charge >= 0.3 is 0 Å². The molecule has 2 aliphatic carbocycles. The number of morpholine rings is 1. The quantitative estimate of drug-likeness (QED) is 0.515. The highest BCUT2D eigenvalue weighted by molar-refractivity contribution is 6.08. The van der Waals surface area contributed by atoms with Gasteiger partial charge in [0.05, 0.1) is 25.0 Å². The Bertz CT molecular complexity index is 508. The third-order valence-electron chi connectivity index (χ3n) is 5.22. The van der Waals surface area contributed by atoms with E-state index in [1.165, 1.54) is 4.90 Å². The minimum absolute atomic E-state index is 0.107. The highest BCUT2D eigenvalue weighted by Gasteiger charge is 2.59. The monoisotopic (exact) mass is 290 g/mol. The summed E-state index contributed by atoms with van der Waals surface area (Å²) in [4.78, 5) is 40.1. The first-order chi connectivity index (χ1) is 10.2. The van der Waals surface area contributed by atoms with E-state index in [-0.39, 0.29) is 47.9 Å². The summed E-state index contributed by atoms with van der Waals surface area (Å²) in [5.74, 6) is -0.498. The first kappa shape index (κ1) is 13.0. The van der Waals surface area contributed by atoms with E-state index in [4.69, 9.17) is 4.74 Å². The fraction of sp³-hybridized carbons (Fsp3) is 0.667. The lowest BCUT2D eigenvalue weighted by Crippen LogP contribution is -2.47. The largest absolute Gasteiger partial charge is 0.378 e. The number of rotatable bonds is 2. The lowest BCUT2D eigenvalue weighted by molar-refractivity contribution is -0.148. The molecule has 4 atom stereocenters. The van der Waals surface area contributed by atoms with Gasteiger partial charge in [0, 0.05) is 13.1 Å². The van der Waals surface area contributed by atoms with Gasteiger partial charge in [0.15, 0.2) is 0 Å². The molecule has 0 aromatic rings. The molecule has 0 N–H and O–H groups in total. The molecule has 6 heteroatoms. The van der Waals surface area contributed by atoms with Crippen LogP contribution in [0.25, 0.3) is 0 Å². The Morgan fingerprint density at radius 1 is 1.10 bits per heavy atom. The smallest absolute Gasteiger partial charge is 0.242 e. The van der Waals surface area contributed by atoms with Crippen molar-refractivity contribution in [2.24, 2.45) is 23.7 Å². The summed E-state index contributed by atoms with van der Waals surface area (Å²) in [6, 6.07) is 0. The van der Waals surface area contributed by atoms with Gasteiger partial charge in [0.1, 0.15) is 6.54 Å². The molecule has 2 aliphatic heterocycles. The number of imide groups is 1. The van der Waals surface area contributed by atoms with Crippen LogP contribution in [0, 0.1) is 23.7 Å². The van der Waals surface area contributed by atoms with Gasteiger partial charge in [-0.05, 0) is 18.3 Å². The van der Waals surface area contributed by atoms with Crippen molar-refractivity contribution in [2.45, 2.75) is 6.42 Å². The summed E-state index contributed by atoms with van der Waals surface area (Å²) in [5, 5.41) is 0. The zero-order valence-electron chi connectivity index (χ0n) is 11.7. The fourth-order valence-corrected chi connectivity index (χ4v) is 4.17. The summed E-state index contributed by atoms with van der Waals surface area (Å²) in [7, 11) is 0. The molecule has 2 heterocycles. The van der Waals surface area contributed by atoms with Gasteiger partial charge in [-0.1, -0.05) is 12.2 Å². The second-order valence-electron chi connectivity index (χ2n) is 6.26. The average molecular weight is 290 g/mol. The number of hydrogen-bond donors (Lipinski definition) is 0. The van der Waals surface area contributed by atoms with Crippen LogP contribution in [0.5, 0.6) is 0 Å². The molecule has 0 unspecified atom stereocenters. The number of hydrogen-bond acceptors (Lipinski definition) is 4. The molecule has 4 aliphatic rings. The van der Waals surface area contributed by atoms with Gasteiger partial charge in [0.25, 0.3) is 0 Å². The highest BCUT2D eigenvalue weighted by Crippen LogP contribution is 2.52. The third kappa shape index (κ3) is 1.85. The SMILES string of the molecule is O=C(CN1C(=O)[C@@H]2[C@@H](C1=O)[C@H]1C=C[C@H]2C1)N1CCOCC1. The molecule has 0 radical (unpaired) electrons. The Hall–Kier alpha value is -1.69. The van der Waals surface area contributed by atoms with Crippen molar-refractivity contribution < 1.29 is 19.1 Å². The molecular formula is C15H18N2O4. The normalized spacial score (nSPS) is 37.5. The second-order valence-corrected chi connectivity index (χ2v) is 6.26. The molecule has 2 saturated heterocycles. The molecule has 0 aromatic heterocycles. The lowest BCUT2D eigenvalue weighted by atomic mass is 9.85. The second kappa shape index (κ2) is 4.66. The molecule has 0 spiro atoms. The first-order valence-corrected chi connectivity index (χ1v) is 7.56. The van der Waals surface area contributed by atoms with Gasteiger partial charge in [-0.2, -0.15) is 0 Å². The minimum Gasteiger partial charge on any atom is -0.378 e. The van der Waals surface area contributed by atoms with Crippen LogP contribution >= 0.6 is 0 Å². The first-order valence-electron chi connectivity index (χ1n) is 7.56.